The lowest BCUT2D eigenvalue weighted by Gasteiger charge is -2.19. The lowest BCUT2D eigenvalue weighted by molar-refractivity contribution is 0.537. The number of hydrogen-bond donors (Lipinski definition) is 1. The van der Waals surface area contributed by atoms with E-state index in [1.807, 2.05) is 6.20 Å². The van der Waals surface area contributed by atoms with Gasteiger partial charge in [0.05, 0.1) is 12.7 Å². The first kappa shape index (κ1) is 11.5. The zero-order valence-corrected chi connectivity index (χ0v) is 10.8. The van der Waals surface area contributed by atoms with Gasteiger partial charge in [0.2, 0.25) is 0 Å². The van der Waals surface area contributed by atoms with Crippen LogP contribution in [0.5, 0.6) is 0 Å². The molecule has 0 fully saturated rings. The summed E-state index contributed by atoms with van der Waals surface area (Å²) in [5, 5.41) is 4.52. The fourth-order valence-electron chi connectivity index (χ4n) is 2.74. The van der Waals surface area contributed by atoms with E-state index in [-0.39, 0.29) is 6.04 Å². The summed E-state index contributed by atoms with van der Waals surface area (Å²) in [4.78, 5) is 0. The summed E-state index contributed by atoms with van der Waals surface area (Å²) in [6.45, 7) is 3.01. The van der Waals surface area contributed by atoms with Crippen LogP contribution >= 0.6 is 0 Å². The number of aromatic nitrogens is 2. The van der Waals surface area contributed by atoms with E-state index >= 15 is 0 Å². The normalized spacial score (nSPS) is 18.7. The Balaban J connectivity index is 1.92. The van der Waals surface area contributed by atoms with Crippen LogP contribution in [0.4, 0.5) is 0 Å². The summed E-state index contributed by atoms with van der Waals surface area (Å²) in [7, 11) is 0. The SMILES string of the molecule is Cc1ccccc1Cn1ncc2c1CCCC2N. The van der Waals surface area contributed by atoms with E-state index in [9.17, 15) is 0 Å². The van der Waals surface area contributed by atoms with Crippen molar-refractivity contribution in [2.24, 2.45) is 5.73 Å². The minimum Gasteiger partial charge on any atom is -0.324 e. The average molecular weight is 241 g/mol. The highest BCUT2D eigenvalue weighted by molar-refractivity contribution is 5.29. The lowest BCUT2D eigenvalue weighted by Crippen LogP contribution is -2.18. The molecular weight excluding hydrogens is 222 g/mol. The monoisotopic (exact) mass is 241 g/mol. The molecule has 0 radical (unpaired) electrons. The molecule has 1 unspecified atom stereocenters. The van der Waals surface area contributed by atoms with Gasteiger partial charge in [-0.2, -0.15) is 5.10 Å². The molecule has 94 valence electrons. The fraction of sp³-hybridized carbons (Fsp3) is 0.400. The largest absolute Gasteiger partial charge is 0.324 e. The maximum atomic E-state index is 6.13. The molecule has 2 N–H and O–H groups in total. The molecule has 18 heavy (non-hydrogen) atoms. The maximum absolute atomic E-state index is 6.13. The van der Waals surface area contributed by atoms with Crippen molar-refractivity contribution in [3.63, 3.8) is 0 Å². The number of aryl methyl sites for hydroxylation is 1. The molecule has 1 heterocycles. The first-order valence-corrected chi connectivity index (χ1v) is 6.60. The van der Waals surface area contributed by atoms with Crippen molar-refractivity contribution in [3.05, 3.63) is 52.8 Å². The van der Waals surface area contributed by atoms with E-state index in [1.54, 1.807) is 0 Å². The average Bonchev–Trinajstić information content (AvgIpc) is 2.77. The van der Waals surface area contributed by atoms with Crippen LogP contribution in [0.2, 0.25) is 0 Å². The number of rotatable bonds is 2. The molecule has 0 amide bonds. The standard InChI is InChI=1S/C15H19N3/c1-11-5-2-3-6-12(11)10-18-15-8-4-7-14(16)13(15)9-17-18/h2-3,5-6,9,14H,4,7-8,10,16H2,1H3. The third kappa shape index (κ3) is 1.95. The van der Waals surface area contributed by atoms with E-state index in [0.717, 1.165) is 19.4 Å². The number of hydrogen-bond acceptors (Lipinski definition) is 2. The van der Waals surface area contributed by atoms with Gasteiger partial charge >= 0.3 is 0 Å². The number of nitrogens with two attached hydrogens (primary N) is 1. The fourth-order valence-corrected chi connectivity index (χ4v) is 2.74. The minimum absolute atomic E-state index is 0.180. The van der Waals surface area contributed by atoms with Gasteiger partial charge in [-0.05, 0) is 37.3 Å². The maximum Gasteiger partial charge on any atom is 0.0665 e. The third-order valence-electron chi connectivity index (χ3n) is 3.89. The molecule has 2 aromatic rings. The van der Waals surface area contributed by atoms with Gasteiger partial charge in [0.1, 0.15) is 0 Å². The second-order valence-corrected chi connectivity index (χ2v) is 5.13. The molecule has 3 nitrogen and oxygen atoms in total. The highest BCUT2D eigenvalue weighted by Gasteiger charge is 2.21. The Morgan fingerprint density at radius 1 is 1.39 bits per heavy atom. The molecule has 1 aromatic carbocycles. The van der Waals surface area contributed by atoms with Crippen molar-refractivity contribution < 1.29 is 0 Å². The van der Waals surface area contributed by atoms with Gasteiger partial charge in [0.25, 0.3) is 0 Å². The zero-order chi connectivity index (χ0) is 12.5. The quantitative estimate of drug-likeness (QED) is 0.878. The van der Waals surface area contributed by atoms with E-state index in [1.165, 1.54) is 28.8 Å². The number of fused-ring (bicyclic) bond motifs is 1. The van der Waals surface area contributed by atoms with Crippen LogP contribution in [0.3, 0.4) is 0 Å². The van der Waals surface area contributed by atoms with Crippen molar-refractivity contribution in [2.45, 2.75) is 38.8 Å². The number of benzene rings is 1. The molecule has 1 aliphatic carbocycles. The van der Waals surface area contributed by atoms with Crippen LogP contribution < -0.4 is 5.73 Å². The van der Waals surface area contributed by atoms with Crippen molar-refractivity contribution in [3.8, 4) is 0 Å². The topological polar surface area (TPSA) is 43.8 Å². The van der Waals surface area contributed by atoms with Gasteiger partial charge in [-0.25, -0.2) is 0 Å². The molecule has 1 aliphatic rings. The van der Waals surface area contributed by atoms with Crippen LogP contribution in [-0.2, 0) is 13.0 Å². The van der Waals surface area contributed by atoms with E-state index in [2.05, 4.69) is 41.0 Å². The van der Waals surface area contributed by atoms with Gasteiger partial charge in [-0.15, -0.1) is 0 Å². The predicted molar refractivity (Wildman–Crippen MR) is 72.4 cm³/mol. The van der Waals surface area contributed by atoms with Crippen molar-refractivity contribution in [1.82, 2.24) is 9.78 Å². The van der Waals surface area contributed by atoms with Crippen LogP contribution in [0.15, 0.2) is 30.5 Å². The molecule has 1 atom stereocenters. The van der Waals surface area contributed by atoms with E-state index in [0.29, 0.717) is 0 Å². The molecule has 0 saturated carbocycles. The zero-order valence-electron chi connectivity index (χ0n) is 10.8. The second kappa shape index (κ2) is 4.58. The van der Waals surface area contributed by atoms with Gasteiger partial charge in [-0.3, -0.25) is 4.68 Å². The Morgan fingerprint density at radius 3 is 3.06 bits per heavy atom. The van der Waals surface area contributed by atoms with Crippen molar-refractivity contribution >= 4 is 0 Å². The summed E-state index contributed by atoms with van der Waals surface area (Å²) >= 11 is 0. The highest BCUT2D eigenvalue weighted by atomic mass is 15.3. The van der Waals surface area contributed by atoms with Crippen LogP contribution in [0, 0.1) is 6.92 Å². The van der Waals surface area contributed by atoms with Crippen LogP contribution in [-0.4, -0.2) is 9.78 Å². The van der Waals surface area contributed by atoms with Crippen molar-refractivity contribution in [2.75, 3.05) is 0 Å². The van der Waals surface area contributed by atoms with Gasteiger partial charge in [0, 0.05) is 17.3 Å². The molecule has 0 bridgehead atoms. The highest BCUT2D eigenvalue weighted by Crippen LogP contribution is 2.28. The molecule has 3 heteroatoms. The molecule has 3 rings (SSSR count). The smallest absolute Gasteiger partial charge is 0.0665 e. The summed E-state index contributed by atoms with van der Waals surface area (Å²) in [6.07, 6.45) is 5.32. The Kier molecular flexibility index (Phi) is 2.92. The van der Waals surface area contributed by atoms with Gasteiger partial charge in [0.15, 0.2) is 0 Å². The van der Waals surface area contributed by atoms with Gasteiger partial charge < -0.3 is 5.73 Å². The van der Waals surface area contributed by atoms with Crippen LogP contribution in [0.1, 0.15) is 41.3 Å². The summed E-state index contributed by atoms with van der Waals surface area (Å²) in [5.41, 5.74) is 11.4. The Morgan fingerprint density at radius 2 is 2.22 bits per heavy atom. The van der Waals surface area contributed by atoms with E-state index in [4.69, 9.17) is 5.73 Å². The summed E-state index contributed by atoms with van der Waals surface area (Å²) < 4.78 is 2.12. The Bertz CT molecular complexity index is 557. The van der Waals surface area contributed by atoms with Gasteiger partial charge in [-0.1, -0.05) is 24.3 Å². The molecule has 0 saturated heterocycles. The minimum atomic E-state index is 0.180. The predicted octanol–water partition coefficient (Wildman–Crippen LogP) is 2.58. The first-order chi connectivity index (χ1) is 8.75. The Hall–Kier alpha value is -1.61. The summed E-state index contributed by atoms with van der Waals surface area (Å²) in [6, 6.07) is 8.67. The third-order valence-corrected chi connectivity index (χ3v) is 3.89. The number of nitrogens with zero attached hydrogens (tertiary/aromatic N) is 2. The lowest BCUT2D eigenvalue weighted by atomic mass is 9.94. The van der Waals surface area contributed by atoms with Crippen LogP contribution in [0.25, 0.3) is 0 Å². The second-order valence-electron chi connectivity index (χ2n) is 5.13. The van der Waals surface area contributed by atoms with Crippen molar-refractivity contribution in [1.29, 1.82) is 0 Å². The first-order valence-electron chi connectivity index (χ1n) is 6.60. The molecule has 1 aromatic heterocycles. The molecule has 0 spiro atoms. The molecular formula is C15H19N3. The van der Waals surface area contributed by atoms with E-state index < -0.39 is 0 Å². The molecule has 0 aliphatic heterocycles. The summed E-state index contributed by atoms with van der Waals surface area (Å²) in [5.74, 6) is 0. The Labute approximate surface area is 108 Å².